The van der Waals surface area contributed by atoms with Crippen LogP contribution in [0.3, 0.4) is 0 Å². The van der Waals surface area contributed by atoms with Crippen molar-refractivity contribution in [2.75, 3.05) is 30.4 Å². The van der Waals surface area contributed by atoms with Crippen LogP contribution in [0.15, 0.2) is 91.1 Å². The number of anilines is 2. The van der Waals surface area contributed by atoms with Gasteiger partial charge in [-0.2, -0.15) is 0 Å². The molecule has 8 heteroatoms. The van der Waals surface area contributed by atoms with Crippen LogP contribution in [0.25, 0.3) is 5.69 Å². The van der Waals surface area contributed by atoms with Gasteiger partial charge in [-0.05, 0) is 60.5 Å². The molecule has 1 atom stereocenters. The number of nitrogens with one attached hydrogen (secondary N) is 1. The van der Waals surface area contributed by atoms with Crippen LogP contribution in [0.2, 0.25) is 0 Å². The number of rotatable bonds is 8. The molecule has 1 aliphatic heterocycles. The monoisotopic (exact) mass is 526 g/mol. The number of hydrogen-bond acceptors (Lipinski definition) is 3. The lowest BCUT2D eigenvalue weighted by molar-refractivity contribution is -0.119. The zero-order valence-electron chi connectivity index (χ0n) is 22.0. The Morgan fingerprint density at radius 2 is 1.74 bits per heavy atom. The lowest BCUT2D eigenvalue weighted by atomic mass is 9.97. The van der Waals surface area contributed by atoms with E-state index in [-0.39, 0.29) is 24.3 Å². The Labute approximate surface area is 227 Å². The third-order valence-electron chi connectivity index (χ3n) is 6.89. The van der Waals surface area contributed by atoms with Gasteiger partial charge < -0.3 is 19.5 Å². The largest absolute Gasteiger partial charge is 0.497 e. The van der Waals surface area contributed by atoms with Gasteiger partial charge in [0.05, 0.1) is 24.2 Å². The van der Waals surface area contributed by atoms with Crippen LogP contribution < -0.4 is 15.0 Å². The van der Waals surface area contributed by atoms with Crippen molar-refractivity contribution in [3.05, 3.63) is 108 Å². The Balaban J connectivity index is 1.49. The van der Waals surface area contributed by atoms with Crippen molar-refractivity contribution in [3.8, 4) is 11.4 Å². The summed E-state index contributed by atoms with van der Waals surface area (Å²) in [7, 11) is 1.57. The molecule has 0 saturated heterocycles. The van der Waals surface area contributed by atoms with Crippen LogP contribution in [-0.4, -0.2) is 41.6 Å². The van der Waals surface area contributed by atoms with E-state index >= 15 is 0 Å². The van der Waals surface area contributed by atoms with Gasteiger partial charge in [0.2, 0.25) is 5.91 Å². The summed E-state index contributed by atoms with van der Waals surface area (Å²) in [4.78, 5) is 30.8. The highest BCUT2D eigenvalue weighted by Crippen LogP contribution is 2.42. The smallest absolute Gasteiger partial charge is 0.322 e. The van der Waals surface area contributed by atoms with Crippen LogP contribution in [-0.2, 0) is 4.79 Å². The summed E-state index contributed by atoms with van der Waals surface area (Å²) in [5.74, 6) is 0.0448. The number of halogens is 1. The molecule has 0 saturated carbocycles. The van der Waals surface area contributed by atoms with Gasteiger partial charge in [-0.3, -0.25) is 9.69 Å². The maximum absolute atomic E-state index is 14.2. The van der Waals surface area contributed by atoms with Gasteiger partial charge in [0.25, 0.3) is 0 Å². The number of carbonyl (C=O) groups is 2. The van der Waals surface area contributed by atoms with Crippen molar-refractivity contribution in [1.29, 1.82) is 0 Å². The molecule has 1 unspecified atom stereocenters. The first kappa shape index (κ1) is 26.0. The molecule has 39 heavy (non-hydrogen) atoms. The van der Waals surface area contributed by atoms with Crippen molar-refractivity contribution in [2.24, 2.45) is 0 Å². The highest BCUT2D eigenvalue weighted by molar-refractivity contribution is 6.01. The molecule has 1 aromatic heterocycles. The summed E-state index contributed by atoms with van der Waals surface area (Å²) >= 11 is 0. The van der Waals surface area contributed by atoms with Gasteiger partial charge in [0.1, 0.15) is 24.2 Å². The SMILES string of the molecule is CCCCN(CC(=O)N1c2ccccc2-n2cccc2C1c1ccc(F)cc1)C(=O)Nc1cccc(OC)c1. The zero-order chi connectivity index (χ0) is 27.4. The molecule has 0 aliphatic carbocycles. The van der Waals surface area contributed by atoms with Gasteiger partial charge in [-0.1, -0.05) is 43.7 Å². The number of ether oxygens (including phenoxy) is 1. The molecule has 3 amide bonds. The van der Waals surface area contributed by atoms with Crippen molar-refractivity contribution in [3.63, 3.8) is 0 Å². The van der Waals surface area contributed by atoms with Crippen LogP contribution in [0.5, 0.6) is 5.75 Å². The van der Waals surface area contributed by atoms with E-state index < -0.39 is 6.04 Å². The molecule has 0 bridgehead atoms. The molecule has 3 aromatic carbocycles. The Bertz CT molecular complexity index is 1470. The number of unbranched alkanes of at least 4 members (excludes halogenated alkanes) is 1. The fraction of sp³-hybridized carbons (Fsp3) is 0.226. The summed E-state index contributed by atoms with van der Waals surface area (Å²) in [5, 5.41) is 2.90. The van der Waals surface area contributed by atoms with Gasteiger partial charge in [-0.25, -0.2) is 9.18 Å². The number of para-hydroxylation sites is 2. The minimum atomic E-state index is -0.488. The number of urea groups is 1. The number of carbonyl (C=O) groups excluding carboxylic acids is 2. The number of aromatic nitrogens is 1. The molecule has 0 fully saturated rings. The second-order valence-electron chi connectivity index (χ2n) is 9.45. The molecule has 4 aromatic rings. The maximum atomic E-state index is 14.2. The normalized spacial score (nSPS) is 13.8. The summed E-state index contributed by atoms with van der Waals surface area (Å²) in [5.41, 5.74) is 3.84. The third kappa shape index (κ3) is 5.36. The van der Waals surface area contributed by atoms with E-state index in [1.807, 2.05) is 49.5 Å². The van der Waals surface area contributed by atoms with E-state index in [4.69, 9.17) is 4.74 Å². The highest BCUT2D eigenvalue weighted by Gasteiger charge is 2.37. The molecular formula is C31H31FN4O3. The minimum absolute atomic E-state index is 0.122. The molecule has 1 N–H and O–H groups in total. The van der Waals surface area contributed by atoms with E-state index in [2.05, 4.69) is 9.88 Å². The zero-order valence-corrected chi connectivity index (χ0v) is 22.0. The summed E-state index contributed by atoms with van der Waals surface area (Å²) in [6.07, 6.45) is 3.58. The second-order valence-corrected chi connectivity index (χ2v) is 9.45. The summed E-state index contributed by atoms with van der Waals surface area (Å²) in [6.45, 7) is 2.34. The average molecular weight is 527 g/mol. The average Bonchev–Trinajstić information content (AvgIpc) is 3.45. The Kier molecular flexibility index (Phi) is 7.63. The van der Waals surface area contributed by atoms with Gasteiger partial charge in [0.15, 0.2) is 0 Å². The third-order valence-corrected chi connectivity index (χ3v) is 6.89. The van der Waals surface area contributed by atoms with E-state index in [1.54, 1.807) is 53.3 Å². The number of hydrogen-bond donors (Lipinski definition) is 1. The quantitative estimate of drug-likeness (QED) is 0.289. The van der Waals surface area contributed by atoms with Crippen molar-refractivity contribution in [2.45, 2.75) is 25.8 Å². The number of benzene rings is 3. The molecule has 7 nitrogen and oxygen atoms in total. The van der Waals surface area contributed by atoms with Gasteiger partial charge >= 0.3 is 6.03 Å². The van der Waals surface area contributed by atoms with Crippen molar-refractivity contribution < 1.29 is 18.7 Å². The Morgan fingerprint density at radius 1 is 0.974 bits per heavy atom. The first-order chi connectivity index (χ1) is 19.0. The van der Waals surface area contributed by atoms with Crippen LogP contribution in [0.4, 0.5) is 20.6 Å². The van der Waals surface area contributed by atoms with Crippen LogP contribution >= 0.6 is 0 Å². The molecule has 5 rings (SSSR count). The van der Waals surface area contributed by atoms with E-state index in [0.717, 1.165) is 35.5 Å². The Hall–Kier alpha value is -4.59. The summed E-state index contributed by atoms with van der Waals surface area (Å²) in [6, 6.07) is 24.1. The molecule has 200 valence electrons. The van der Waals surface area contributed by atoms with E-state index in [1.165, 1.54) is 12.1 Å². The molecular weight excluding hydrogens is 495 g/mol. The highest BCUT2D eigenvalue weighted by atomic mass is 19.1. The Morgan fingerprint density at radius 3 is 2.49 bits per heavy atom. The first-order valence-corrected chi connectivity index (χ1v) is 13.0. The molecule has 2 heterocycles. The molecule has 0 radical (unpaired) electrons. The number of fused-ring (bicyclic) bond motifs is 3. The van der Waals surface area contributed by atoms with Crippen LogP contribution in [0.1, 0.15) is 37.1 Å². The van der Waals surface area contributed by atoms with Gasteiger partial charge in [-0.15, -0.1) is 0 Å². The molecule has 0 spiro atoms. The number of methoxy groups -OCH3 is 1. The minimum Gasteiger partial charge on any atom is -0.497 e. The summed E-state index contributed by atoms with van der Waals surface area (Å²) < 4.78 is 21.2. The number of amides is 3. The number of nitrogens with zero attached hydrogens (tertiary/aromatic N) is 3. The van der Waals surface area contributed by atoms with Crippen molar-refractivity contribution in [1.82, 2.24) is 9.47 Å². The predicted molar refractivity (Wildman–Crippen MR) is 150 cm³/mol. The maximum Gasteiger partial charge on any atom is 0.322 e. The lowest BCUT2D eigenvalue weighted by Crippen LogP contribution is -2.48. The molecule has 1 aliphatic rings. The standard InChI is InChI=1S/C31H31FN4O3/c1-3-4-18-34(31(38)33-24-9-7-10-25(20-24)39-2)21-29(37)36-27-12-6-5-11-26(27)35-19-8-13-28(35)30(36)22-14-16-23(32)17-15-22/h5-17,19-20,30H,3-4,18,21H2,1-2H3,(H,33,38). The first-order valence-electron chi connectivity index (χ1n) is 13.0. The van der Waals surface area contributed by atoms with Crippen LogP contribution in [0, 0.1) is 5.82 Å². The van der Waals surface area contributed by atoms with Gasteiger partial charge in [0, 0.05) is 24.5 Å². The van der Waals surface area contributed by atoms with E-state index in [0.29, 0.717) is 18.0 Å². The second kappa shape index (κ2) is 11.4. The van der Waals surface area contributed by atoms with E-state index in [9.17, 15) is 14.0 Å². The fourth-order valence-electron chi connectivity index (χ4n) is 4.97. The van der Waals surface area contributed by atoms with Crippen molar-refractivity contribution >= 4 is 23.3 Å². The lowest BCUT2D eigenvalue weighted by Gasteiger charge is -2.39. The topological polar surface area (TPSA) is 66.8 Å². The fourth-order valence-corrected chi connectivity index (χ4v) is 4.97. The predicted octanol–water partition coefficient (Wildman–Crippen LogP) is 6.40.